The Morgan fingerprint density at radius 2 is 0.704 bits per heavy atom. The van der Waals surface area contributed by atoms with Crippen LogP contribution in [0.25, 0.3) is 0 Å². The van der Waals surface area contributed by atoms with E-state index in [1.807, 2.05) is 0 Å². The molecule has 0 aliphatic carbocycles. The van der Waals surface area contributed by atoms with E-state index in [9.17, 15) is 0 Å². The summed E-state index contributed by atoms with van der Waals surface area (Å²) >= 11 is 0. The van der Waals surface area contributed by atoms with Crippen LogP contribution in [-0.2, 0) is 6.16 Å². The minimum absolute atomic E-state index is 0. The molecule has 0 saturated heterocycles. The van der Waals surface area contributed by atoms with E-state index in [2.05, 4.69) is 121 Å². The van der Waals surface area contributed by atoms with Crippen LogP contribution in [0.1, 0.15) is 5.56 Å². The van der Waals surface area contributed by atoms with E-state index in [4.69, 9.17) is 0 Å². The van der Waals surface area contributed by atoms with Gasteiger partial charge in [0.2, 0.25) is 0 Å². The average Bonchev–Trinajstić information content (AvgIpc) is 2.75. The molecule has 0 radical (unpaired) electrons. The topological polar surface area (TPSA) is 35.0 Å². The van der Waals surface area contributed by atoms with Crippen LogP contribution in [0, 0.1) is 0 Å². The van der Waals surface area contributed by atoms with Gasteiger partial charge in [0.05, 0.1) is 0 Å². The summed E-state index contributed by atoms with van der Waals surface area (Å²) in [6, 6.07) is 44.2. The molecule has 1 nitrogen and oxygen atoms in total. The second kappa shape index (κ2) is 8.77. The molecule has 0 aromatic heterocycles. The fourth-order valence-corrected chi connectivity index (χ4v) is 8.62. The predicted octanol–water partition coefficient (Wildman–Crippen LogP) is 5.08. The number of hydrogen-bond acceptors (Lipinski definition) is 1. The zero-order valence-corrected chi connectivity index (χ0v) is 16.5. The molecule has 0 aliphatic rings. The summed E-state index contributed by atoms with van der Waals surface area (Å²) in [4.78, 5) is 0. The van der Waals surface area contributed by atoms with Crippen LogP contribution in [0.3, 0.4) is 0 Å². The van der Waals surface area contributed by atoms with Crippen molar-refractivity contribution >= 4 is 23.2 Å². The number of rotatable bonds is 5. The normalized spacial score (nSPS) is 11.4. The van der Waals surface area contributed by atoms with Gasteiger partial charge in [0.15, 0.2) is 0 Å². The molecule has 0 aliphatic heterocycles. The third-order valence-electron chi connectivity index (χ3n) is 5.11. The molecule has 4 aromatic rings. The van der Waals surface area contributed by atoms with E-state index < -0.39 is 7.26 Å². The van der Waals surface area contributed by atoms with Crippen LogP contribution in [0.4, 0.5) is 0 Å². The van der Waals surface area contributed by atoms with Gasteiger partial charge >= 0.3 is 156 Å². The molecule has 2 heteroatoms. The maximum absolute atomic E-state index is 2.31. The molecule has 0 spiro atoms. The van der Waals surface area contributed by atoms with Gasteiger partial charge in [-0.1, -0.05) is 0 Å². The van der Waals surface area contributed by atoms with Crippen molar-refractivity contribution in [2.24, 2.45) is 0 Å². The quantitative estimate of drug-likeness (QED) is 0.488. The Labute approximate surface area is 162 Å². The molecular weight excluding hydrogens is 345 g/mol. The Kier molecular flexibility index (Phi) is 6.19. The fraction of sp³-hybridized carbons (Fsp3) is 0.0400. The summed E-state index contributed by atoms with van der Waals surface area (Å²) in [5, 5.41) is 4.38. The van der Waals surface area contributed by atoms with Gasteiger partial charge in [-0.3, -0.25) is 0 Å². The first kappa shape index (κ1) is 19.0. The first-order valence-corrected chi connectivity index (χ1v) is 11.3. The van der Waals surface area contributed by atoms with Crippen molar-refractivity contribution in [1.29, 1.82) is 0 Å². The Hall–Kier alpha value is -2.73. The van der Waals surface area contributed by atoms with E-state index >= 15 is 0 Å². The van der Waals surface area contributed by atoms with Gasteiger partial charge in [0, 0.05) is 0 Å². The number of benzene rings is 4. The summed E-state index contributed by atoms with van der Waals surface area (Å²) in [5.41, 5.74) is 1.40. The van der Waals surface area contributed by atoms with Gasteiger partial charge in [-0.2, -0.15) is 0 Å². The fourth-order valence-electron chi connectivity index (χ4n) is 3.88. The first-order chi connectivity index (χ1) is 12.9. The minimum atomic E-state index is -2.16. The Morgan fingerprint density at radius 1 is 0.407 bits per heavy atom. The van der Waals surface area contributed by atoms with Gasteiger partial charge in [-0.05, 0) is 0 Å². The predicted molar refractivity (Wildman–Crippen MR) is 122 cm³/mol. The molecule has 4 rings (SSSR count). The van der Waals surface area contributed by atoms with Gasteiger partial charge < -0.3 is 6.15 Å². The SMILES string of the molecule is N.c1ccc(C[PH](c2ccccc2)(c2ccccc2)c2ccccc2)cc1. The second-order valence-electron chi connectivity index (χ2n) is 6.67. The summed E-state index contributed by atoms with van der Waals surface area (Å²) in [6.07, 6.45) is 1.06. The number of hydrogen-bond donors (Lipinski definition) is 1. The van der Waals surface area contributed by atoms with Gasteiger partial charge in [0.25, 0.3) is 0 Å². The summed E-state index contributed by atoms with van der Waals surface area (Å²) in [5.74, 6) is 0. The Bertz CT molecular complexity index is 842. The molecular formula is C25H26NP. The van der Waals surface area contributed by atoms with Crippen LogP contribution in [0.2, 0.25) is 0 Å². The van der Waals surface area contributed by atoms with Crippen molar-refractivity contribution in [2.75, 3.05) is 0 Å². The van der Waals surface area contributed by atoms with Crippen molar-refractivity contribution in [3.8, 4) is 0 Å². The van der Waals surface area contributed by atoms with E-state index in [0.29, 0.717) is 0 Å². The van der Waals surface area contributed by atoms with Gasteiger partial charge in [-0.25, -0.2) is 0 Å². The second-order valence-corrected chi connectivity index (χ2v) is 10.6. The zero-order chi connectivity index (χ0) is 17.7. The molecule has 0 saturated carbocycles. The molecule has 4 aromatic carbocycles. The van der Waals surface area contributed by atoms with Crippen molar-refractivity contribution in [3.05, 3.63) is 127 Å². The molecule has 27 heavy (non-hydrogen) atoms. The molecule has 3 N–H and O–H groups in total. The first-order valence-electron chi connectivity index (χ1n) is 9.10. The molecule has 0 unspecified atom stereocenters. The summed E-state index contributed by atoms with van der Waals surface area (Å²) in [7, 11) is -2.16. The van der Waals surface area contributed by atoms with E-state index in [1.54, 1.807) is 0 Å². The monoisotopic (exact) mass is 371 g/mol. The van der Waals surface area contributed by atoms with Crippen molar-refractivity contribution in [2.45, 2.75) is 6.16 Å². The summed E-state index contributed by atoms with van der Waals surface area (Å²) < 4.78 is 0. The average molecular weight is 371 g/mol. The van der Waals surface area contributed by atoms with E-state index in [1.165, 1.54) is 21.5 Å². The third kappa shape index (κ3) is 3.85. The molecule has 0 bridgehead atoms. The Morgan fingerprint density at radius 3 is 1.04 bits per heavy atom. The Balaban J connectivity index is 0.00000210. The molecule has 136 valence electrons. The molecule has 0 fully saturated rings. The zero-order valence-electron chi connectivity index (χ0n) is 15.5. The van der Waals surface area contributed by atoms with Crippen LogP contribution in [0.15, 0.2) is 121 Å². The van der Waals surface area contributed by atoms with Crippen molar-refractivity contribution in [3.63, 3.8) is 0 Å². The van der Waals surface area contributed by atoms with Crippen LogP contribution in [-0.4, -0.2) is 0 Å². The molecule has 0 atom stereocenters. The van der Waals surface area contributed by atoms with Gasteiger partial charge in [-0.15, -0.1) is 0 Å². The van der Waals surface area contributed by atoms with E-state index in [-0.39, 0.29) is 6.15 Å². The van der Waals surface area contributed by atoms with Crippen molar-refractivity contribution < 1.29 is 0 Å². The standard InChI is InChI=1S/C25H23P.H3N/c1-5-13-22(14-6-1)21-26(23-15-7-2-8-16-23,24-17-9-3-10-18-24)25-19-11-4-12-20-25;/h1-20,26H,21H2;1H3. The van der Waals surface area contributed by atoms with Crippen LogP contribution < -0.4 is 22.1 Å². The molecule has 0 heterocycles. The van der Waals surface area contributed by atoms with Gasteiger partial charge in [0.1, 0.15) is 0 Å². The van der Waals surface area contributed by atoms with Crippen molar-refractivity contribution in [1.82, 2.24) is 6.15 Å². The van der Waals surface area contributed by atoms with Crippen LogP contribution >= 0.6 is 7.26 Å². The van der Waals surface area contributed by atoms with Crippen LogP contribution in [0.5, 0.6) is 0 Å². The summed E-state index contributed by atoms with van der Waals surface area (Å²) in [6.45, 7) is 0. The third-order valence-corrected chi connectivity index (χ3v) is 10.0. The molecule has 0 amide bonds. The maximum atomic E-state index is 2.31. The van der Waals surface area contributed by atoms with E-state index in [0.717, 1.165) is 6.16 Å².